The van der Waals surface area contributed by atoms with Gasteiger partial charge in [0.15, 0.2) is 0 Å². The number of nitrogens with one attached hydrogen (secondary N) is 1. The van der Waals surface area contributed by atoms with Crippen LogP contribution in [0, 0.1) is 17.2 Å². The topological polar surface area (TPSA) is 56.0 Å². The zero-order chi connectivity index (χ0) is 6.69. The molecule has 50 valence electrons. The molecule has 2 atom stereocenters. The minimum atomic E-state index is -0.455. The third-order valence-electron chi connectivity index (χ3n) is 1.62. The Morgan fingerprint density at radius 3 is 2.89 bits per heavy atom. The highest BCUT2D eigenvalue weighted by atomic mass is 16.3. The lowest BCUT2D eigenvalue weighted by Gasteiger charge is -2.22. The van der Waals surface area contributed by atoms with Gasteiger partial charge in [0.2, 0.25) is 0 Å². The van der Waals surface area contributed by atoms with E-state index in [0.29, 0.717) is 6.54 Å². The summed E-state index contributed by atoms with van der Waals surface area (Å²) >= 11 is 0. The van der Waals surface area contributed by atoms with Gasteiger partial charge in [-0.25, -0.2) is 0 Å². The van der Waals surface area contributed by atoms with E-state index in [1.54, 1.807) is 0 Å². The Kier molecular flexibility index (Phi) is 2.04. The quantitative estimate of drug-likeness (QED) is 0.459. The predicted molar refractivity (Wildman–Crippen MR) is 32.6 cm³/mol. The molecular formula is C6H10N2O. The zero-order valence-corrected chi connectivity index (χ0v) is 5.17. The normalized spacial score (nSPS) is 35.6. The number of hydrogen-bond donors (Lipinski definition) is 2. The second kappa shape index (κ2) is 2.81. The van der Waals surface area contributed by atoms with Crippen LogP contribution < -0.4 is 5.32 Å². The highest BCUT2D eigenvalue weighted by molar-refractivity contribution is 4.92. The summed E-state index contributed by atoms with van der Waals surface area (Å²) in [6.45, 7) is 1.42. The summed E-state index contributed by atoms with van der Waals surface area (Å²) in [6, 6.07) is 2.06. The molecule has 1 aliphatic heterocycles. The van der Waals surface area contributed by atoms with E-state index in [1.807, 2.05) is 0 Å². The molecule has 0 aliphatic carbocycles. The second-order valence-electron chi connectivity index (χ2n) is 2.30. The molecule has 9 heavy (non-hydrogen) atoms. The van der Waals surface area contributed by atoms with Crippen molar-refractivity contribution in [3.63, 3.8) is 0 Å². The summed E-state index contributed by atoms with van der Waals surface area (Å²) in [7, 11) is 0. The third-order valence-corrected chi connectivity index (χ3v) is 1.62. The average molecular weight is 126 g/mol. The van der Waals surface area contributed by atoms with Crippen molar-refractivity contribution in [3.05, 3.63) is 0 Å². The summed E-state index contributed by atoms with van der Waals surface area (Å²) in [5, 5.41) is 20.5. The van der Waals surface area contributed by atoms with Gasteiger partial charge in [0.05, 0.1) is 18.1 Å². The highest BCUT2D eigenvalue weighted by Gasteiger charge is 2.21. The van der Waals surface area contributed by atoms with Crippen LogP contribution in [0.4, 0.5) is 0 Å². The largest absolute Gasteiger partial charge is 0.390 e. The van der Waals surface area contributed by atoms with E-state index < -0.39 is 6.10 Å². The molecule has 1 heterocycles. The number of aliphatic hydroxyl groups is 1. The minimum Gasteiger partial charge on any atom is -0.390 e. The van der Waals surface area contributed by atoms with E-state index in [2.05, 4.69) is 11.4 Å². The van der Waals surface area contributed by atoms with Crippen molar-refractivity contribution in [2.45, 2.75) is 12.5 Å². The standard InChI is InChI=1S/C6H10N2O/c7-3-5-1-2-8-4-6(5)9/h5-6,8-9H,1-2,4H2. The molecular weight excluding hydrogens is 116 g/mol. The molecule has 3 nitrogen and oxygen atoms in total. The SMILES string of the molecule is N#CC1CCNCC1O. The lowest BCUT2D eigenvalue weighted by molar-refractivity contribution is 0.108. The lowest BCUT2D eigenvalue weighted by atomic mass is 9.97. The van der Waals surface area contributed by atoms with Crippen LogP contribution in [0.2, 0.25) is 0 Å². The number of nitriles is 1. The molecule has 2 unspecified atom stereocenters. The minimum absolute atomic E-state index is 0.147. The van der Waals surface area contributed by atoms with Crippen molar-refractivity contribution in [2.75, 3.05) is 13.1 Å². The van der Waals surface area contributed by atoms with Gasteiger partial charge in [-0.1, -0.05) is 0 Å². The third kappa shape index (κ3) is 1.41. The van der Waals surface area contributed by atoms with Gasteiger partial charge in [0, 0.05) is 6.54 Å². The summed E-state index contributed by atoms with van der Waals surface area (Å²) in [5.41, 5.74) is 0. The van der Waals surface area contributed by atoms with Crippen LogP contribution >= 0.6 is 0 Å². The van der Waals surface area contributed by atoms with E-state index in [1.165, 1.54) is 0 Å². The van der Waals surface area contributed by atoms with Gasteiger partial charge in [-0.3, -0.25) is 0 Å². The first-order chi connectivity index (χ1) is 4.34. The van der Waals surface area contributed by atoms with E-state index in [-0.39, 0.29) is 5.92 Å². The molecule has 0 aromatic heterocycles. The summed E-state index contributed by atoms with van der Waals surface area (Å²) < 4.78 is 0. The van der Waals surface area contributed by atoms with Crippen LogP contribution in [0.5, 0.6) is 0 Å². The fourth-order valence-corrected chi connectivity index (χ4v) is 0.993. The first kappa shape index (κ1) is 6.53. The van der Waals surface area contributed by atoms with Crippen LogP contribution in [0.25, 0.3) is 0 Å². The maximum absolute atomic E-state index is 9.08. The fraction of sp³-hybridized carbons (Fsp3) is 0.833. The van der Waals surface area contributed by atoms with Crippen molar-refractivity contribution in [1.29, 1.82) is 5.26 Å². The van der Waals surface area contributed by atoms with Crippen molar-refractivity contribution in [2.24, 2.45) is 5.92 Å². The van der Waals surface area contributed by atoms with Crippen LogP contribution in [0.1, 0.15) is 6.42 Å². The fourth-order valence-electron chi connectivity index (χ4n) is 0.993. The van der Waals surface area contributed by atoms with Gasteiger partial charge in [0.1, 0.15) is 0 Å². The van der Waals surface area contributed by atoms with Crippen LogP contribution in [-0.4, -0.2) is 24.3 Å². The lowest BCUT2D eigenvalue weighted by Crippen LogP contribution is -2.39. The molecule has 1 fully saturated rings. The summed E-state index contributed by atoms with van der Waals surface area (Å²) in [6.07, 6.45) is 0.321. The molecule has 3 heteroatoms. The van der Waals surface area contributed by atoms with Crippen molar-refractivity contribution >= 4 is 0 Å². The second-order valence-corrected chi connectivity index (χ2v) is 2.30. The molecule has 0 bridgehead atoms. The first-order valence-electron chi connectivity index (χ1n) is 3.13. The van der Waals surface area contributed by atoms with E-state index >= 15 is 0 Å². The number of aliphatic hydroxyl groups excluding tert-OH is 1. The maximum Gasteiger partial charge on any atom is 0.0822 e. The molecule has 0 aromatic rings. The smallest absolute Gasteiger partial charge is 0.0822 e. The van der Waals surface area contributed by atoms with Gasteiger partial charge >= 0.3 is 0 Å². The average Bonchev–Trinajstić information content (AvgIpc) is 1.89. The highest BCUT2D eigenvalue weighted by Crippen LogP contribution is 2.09. The first-order valence-corrected chi connectivity index (χ1v) is 3.13. The number of piperidine rings is 1. The van der Waals surface area contributed by atoms with Gasteiger partial charge in [-0.05, 0) is 13.0 Å². The number of β-amino-alcohol motifs (C(OH)–C–C–N with tert-alkyl or cyclic N) is 1. The Balaban J connectivity index is 2.41. The van der Waals surface area contributed by atoms with Crippen LogP contribution in [0.3, 0.4) is 0 Å². The van der Waals surface area contributed by atoms with Crippen molar-refractivity contribution in [3.8, 4) is 6.07 Å². The van der Waals surface area contributed by atoms with Crippen molar-refractivity contribution < 1.29 is 5.11 Å². The number of hydrogen-bond acceptors (Lipinski definition) is 3. The molecule has 0 spiro atoms. The van der Waals surface area contributed by atoms with Crippen LogP contribution in [-0.2, 0) is 0 Å². The molecule has 0 aromatic carbocycles. The maximum atomic E-state index is 9.08. The van der Waals surface area contributed by atoms with Crippen molar-refractivity contribution in [1.82, 2.24) is 5.32 Å². The molecule has 1 aliphatic rings. The van der Waals surface area contributed by atoms with E-state index in [4.69, 9.17) is 10.4 Å². The zero-order valence-electron chi connectivity index (χ0n) is 5.17. The van der Waals surface area contributed by atoms with Gasteiger partial charge in [0.25, 0.3) is 0 Å². The molecule has 0 amide bonds. The molecule has 0 saturated carbocycles. The monoisotopic (exact) mass is 126 g/mol. The van der Waals surface area contributed by atoms with E-state index in [0.717, 1.165) is 13.0 Å². The molecule has 2 N–H and O–H groups in total. The Labute approximate surface area is 54.3 Å². The molecule has 1 saturated heterocycles. The number of rotatable bonds is 0. The summed E-state index contributed by atoms with van der Waals surface area (Å²) in [4.78, 5) is 0. The molecule has 0 radical (unpaired) electrons. The van der Waals surface area contributed by atoms with Gasteiger partial charge in [-0.15, -0.1) is 0 Å². The predicted octanol–water partition coefficient (Wildman–Crippen LogP) is -0.520. The van der Waals surface area contributed by atoms with Crippen LogP contribution in [0.15, 0.2) is 0 Å². The Bertz CT molecular complexity index is 130. The Hall–Kier alpha value is -0.590. The molecule has 1 rings (SSSR count). The summed E-state index contributed by atoms with van der Waals surface area (Å²) in [5.74, 6) is -0.147. The van der Waals surface area contributed by atoms with E-state index in [9.17, 15) is 0 Å². The van der Waals surface area contributed by atoms with Gasteiger partial charge in [-0.2, -0.15) is 5.26 Å². The Morgan fingerprint density at radius 1 is 1.67 bits per heavy atom. The number of nitrogens with zero attached hydrogens (tertiary/aromatic N) is 1. The van der Waals surface area contributed by atoms with Gasteiger partial charge < -0.3 is 10.4 Å². The Morgan fingerprint density at radius 2 is 2.44 bits per heavy atom.